The van der Waals surface area contributed by atoms with Gasteiger partial charge in [-0.05, 0) is 55.6 Å². The number of hydrogen-bond acceptors (Lipinski definition) is 5. The van der Waals surface area contributed by atoms with E-state index in [4.69, 9.17) is 27.9 Å². The van der Waals surface area contributed by atoms with E-state index in [1.165, 1.54) is 6.92 Å². The molecule has 0 spiro atoms. The van der Waals surface area contributed by atoms with Crippen LogP contribution in [0.2, 0.25) is 0 Å². The van der Waals surface area contributed by atoms with Gasteiger partial charge in [0.05, 0.1) is 10.3 Å². The van der Waals surface area contributed by atoms with Gasteiger partial charge in [0.25, 0.3) is 0 Å². The molecule has 0 heterocycles. The van der Waals surface area contributed by atoms with Crippen LogP contribution in [-0.2, 0) is 19.1 Å². The zero-order valence-corrected chi connectivity index (χ0v) is 19.9. The molecule has 5 nitrogen and oxygen atoms in total. The number of Topliss-reactive ketones (excluding diaryl/α,β-unsaturated/α-hetero) is 1. The molecule has 0 bridgehead atoms. The molecule has 3 fully saturated rings. The van der Waals surface area contributed by atoms with Gasteiger partial charge >= 0.3 is 5.97 Å². The van der Waals surface area contributed by atoms with Gasteiger partial charge in [-0.15, -0.1) is 23.2 Å². The maximum Gasteiger partial charge on any atom is 0.303 e. The number of esters is 1. The number of carbonyl (C=O) groups is 3. The Morgan fingerprint density at radius 1 is 1.29 bits per heavy atom. The summed E-state index contributed by atoms with van der Waals surface area (Å²) in [5.74, 6) is -0.984. The van der Waals surface area contributed by atoms with E-state index in [2.05, 4.69) is 13.8 Å². The Hall–Kier alpha value is -1.17. The minimum Gasteiger partial charge on any atom is -0.458 e. The number of fused-ring (bicyclic) bond motifs is 5. The maximum absolute atomic E-state index is 13.0. The molecule has 170 valence electrons. The van der Waals surface area contributed by atoms with Gasteiger partial charge in [-0.1, -0.05) is 32.4 Å². The van der Waals surface area contributed by atoms with Crippen molar-refractivity contribution in [2.75, 3.05) is 6.61 Å². The van der Waals surface area contributed by atoms with Gasteiger partial charge in [-0.3, -0.25) is 14.4 Å². The molecule has 1 N–H and O–H groups in total. The molecule has 4 aliphatic rings. The zero-order valence-electron chi connectivity index (χ0n) is 18.4. The van der Waals surface area contributed by atoms with E-state index in [0.717, 1.165) is 12.0 Å². The van der Waals surface area contributed by atoms with Crippen LogP contribution in [0.25, 0.3) is 0 Å². The third-order valence-electron chi connectivity index (χ3n) is 8.95. The Kier molecular flexibility index (Phi) is 5.32. The first-order chi connectivity index (χ1) is 14.3. The van der Waals surface area contributed by atoms with Gasteiger partial charge in [0.1, 0.15) is 5.60 Å². The number of rotatable bonds is 3. The molecule has 0 saturated heterocycles. The minimum absolute atomic E-state index is 0.0156. The lowest BCUT2D eigenvalue weighted by Gasteiger charge is -2.65. The van der Waals surface area contributed by atoms with E-state index >= 15 is 0 Å². The topological polar surface area (TPSA) is 80.7 Å². The molecule has 4 rings (SSSR count). The molecule has 8 atom stereocenters. The summed E-state index contributed by atoms with van der Waals surface area (Å²) in [4.78, 5) is 35.5. The van der Waals surface area contributed by atoms with Crippen molar-refractivity contribution in [1.82, 2.24) is 0 Å². The summed E-state index contributed by atoms with van der Waals surface area (Å²) in [6.45, 7) is 6.90. The van der Waals surface area contributed by atoms with Gasteiger partial charge in [-0.25, -0.2) is 0 Å². The second-order valence-electron chi connectivity index (χ2n) is 10.3. The largest absolute Gasteiger partial charge is 0.458 e. The fourth-order valence-corrected chi connectivity index (χ4v) is 8.48. The van der Waals surface area contributed by atoms with Crippen molar-refractivity contribution in [3.05, 3.63) is 23.8 Å². The van der Waals surface area contributed by atoms with Crippen molar-refractivity contribution in [2.45, 2.75) is 69.2 Å². The van der Waals surface area contributed by atoms with Crippen LogP contribution in [0.3, 0.4) is 0 Å². The van der Waals surface area contributed by atoms with Crippen molar-refractivity contribution in [3.63, 3.8) is 0 Å². The molecule has 31 heavy (non-hydrogen) atoms. The Balaban J connectivity index is 1.75. The van der Waals surface area contributed by atoms with E-state index in [9.17, 15) is 19.5 Å². The molecule has 4 aliphatic carbocycles. The van der Waals surface area contributed by atoms with Crippen LogP contribution in [0.1, 0.15) is 53.4 Å². The predicted molar refractivity (Wildman–Crippen MR) is 118 cm³/mol. The standard InChI is InChI=1S/C24H30Cl2O5/c1-13-9-18-16-6-8-23(30,20(29)12-31-14(2)27)22(16,4)11-19(25)24(18,26)21(3)7-5-15(28)10-17(13)21/h5,7,10,13,16,18-19,30H,6,8-9,11-12H2,1-4H3/t13-,16-,18-,19-,21-,22-,23-,24-/m0/s1. The SMILES string of the molecule is CC(=O)OCC(=O)[C@@]1(O)CC[C@H]2[C@@H]3C[C@H](C)C4=CC(=O)C=C[C@]4(C)[C@@]3(Cl)[C@@H](Cl)C[C@@]21C. The Bertz CT molecular complexity index is 912. The van der Waals surface area contributed by atoms with E-state index in [1.807, 2.05) is 13.0 Å². The Labute approximate surface area is 193 Å². The van der Waals surface area contributed by atoms with Crippen LogP contribution in [-0.4, -0.2) is 45.1 Å². The fraction of sp³-hybridized carbons (Fsp3) is 0.708. The molecule has 7 heteroatoms. The number of carbonyl (C=O) groups excluding carboxylic acids is 3. The quantitative estimate of drug-likeness (QED) is 0.500. The summed E-state index contributed by atoms with van der Waals surface area (Å²) in [6, 6.07) is 0. The Morgan fingerprint density at radius 3 is 2.61 bits per heavy atom. The van der Waals surface area contributed by atoms with Crippen molar-refractivity contribution in [3.8, 4) is 0 Å². The summed E-state index contributed by atoms with van der Waals surface area (Å²) >= 11 is 14.5. The first-order valence-electron chi connectivity index (χ1n) is 11.0. The van der Waals surface area contributed by atoms with Gasteiger partial charge in [0.15, 0.2) is 12.4 Å². The van der Waals surface area contributed by atoms with Crippen LogP contribution in [0, 0.1) is 28.6 Å². The van der Waals surface area contributed by atoms with E-state index in [-0.39, 0.29) is 23.5 Å². The van der Waals surface area contributed by atoms with Gasteiger partial charge in [-0.2, -0.15) is 0 Å². The first-order valence-corrected chi connectivity index (χ1v) is 11.8. The molecule has 0 radical (unpaired) electrons. The van der Waals surface area contributed by atoms with E-state index in [1.54, 1.807) is 12.2 Å². The van der Waals surface area contributed by atoms with Crippen molar-refractivity contribution < 1.29 is 24.2 Å². The molecule has 3 saturated carbocycles. The number of ether oxygens (including phenoxy) is 1. The smallest absolute Gasteiger partial charge is 0.303 e. The highest BCUT2D eigenvalue weighted by atomic mass is 35.5. The van der Waals surface area contributed by atoms with Gasteiger partial charge in [0.2, 0.25) is 5.78 Å². The average Bonchev–Trinajstić information content (AvgIpc) is 2.96. The molecular weight excluding hydrogens is 439 g/mol. The van der Waals surface area contributed by atoms with Crippen molar-refractivity contribution in [1.29, 1.82) is 0 Å². The summed E-state index contributed by atoms with van der Waals surface area (Å²) in [7, 11) is 0. The van der Waals surface area contributed by atoms with Crippen molar-refractivity contribution in [2.24, 2.45) is 28.6 Å². The number of allylic oxidation sites excluding steroid dienone is 4. The fourth-order valence-electron chi connectivity index (χ4n) is 7.28. The molecule has 0 aromatic carbocycles. The van der Waals surface area contributed by atoms with Crippen LogP contribution < -0.4 is 0 Å². The maximum atomic E-state index is 13.0. The lowest BCUT2D eigenvalue weighted by atomic mass is 9.45. The number of aliphatic hydroxyl groups is 1. The summed E-state index contributed by atoms with van der Waals surface area (Å²) in [6.07, 6.45) is 7.23. The number of halogens is 2. The molecule has 0 unspecified atom stereocenters. The van der Waals surface area contributed by atoms with Gasteiger partial charge in [0, 0.05) is 17.8 Å². The highest BCUT2D eigenvalue weighted by molar-refractivity contribution is 6.34. The van der Waals surface area contributed by atoms with E-state index < -0.39 is 45.0 Å². The number of hydrogen-bond donors (Lipinski definition) is 1. The summed E-state index contributed by atoms with van der Waals surface area (Å²) < 4.78 is 4.92. The van der Waals surface area contributed by atoms with Crippen LogP contribution >= 0.6 is 23.2 Å². The van der Waals surface area contributed by atoms with Crippen molar-refractivity contribution >= 4 is 40.7 Å². The molecule has 0 aromatic heterocycles. The average molecular weight is 469 g/mol. The third kappa shape index (κ3) is 2.88. The molecule has 0 aliphatic heterocycles. The predicted octanol–water partition coefficient (Wildman–Crippen LogP) is 3.98. The minimum atomic E-state index is -1.61. The lowest BCUT2D eigenvalue weighted by Crippen LogP contribution is -2.68. The van der Waals surface area contributed by atoms with Gasteiger partial charge < -0.3 is 9.84 Å². The van der Waals surface area contributed by atoms with E-state index in [0.29, 0.717) is 19.3 Å². The number of ketones is 2. The van der Waals surface area contributed by atoms with Crippen LogP contribution in [0.5, 0.6) is 0 Å². The normalized spacial score (nSPS) is 48.4. The summed E-state index contributed by atoms with van der Waals surface area (Å²) in [5.41, 5.74) is -1.96. The number of alkyl halides is 2. The monoisotopic (exact) mass is 468 g/mol. The Morgan fingerprint density at radius 2 is 1.97 bits per heavy atom. The highest BCUT2D eigenvalue weighted by Crippen LogP contribution is 2.72. The molecular formula is C24H30Cl2O5. The first kappa shape index (κ1) is 23.0. The second-order valence-corrected chi connectivity index (χ2v) is 11.5. The van der Waals surface area contributed by atoms with Crippen LogP contribution in [0.15, 0.2) is 23.8 Å². The lowest BCUT2D eigenvalue weighted by molar-refractivity contribution is -0.167. The third-order valence-corrected chi connectivity index (χ3v) is 10.5. The zero-order chi connectivity index (χ0) is 23.0. The molecule has 0 aromatic rings. The molecule has 0 amide bonds. The van der Waals surface area contributed by atoms with Crippen LogP contribution in [0.4, 0.5) is 0 Å². The highest BCUT2D eigenvalue weighted by Gasteiger charge is 2.73. The second kappa shape index (κ2) is 7.16. The summed E-state index contributed by atoms with van der Waals surface area (Å²) in [5, 5.41) is 11.1.